The van der Waals surface area contributed by atoms with Crippen molar-refractivity contribution in [2.75, 3.05) is 13.0 Å². The van der Waals surface area contributed by atoms with Crippen LogP contribution in [0.25, 0.3) is 0 Å². The fraction of sp³-hybridized carbons (Fsp3) is 0.667. The molecule has 2 heterocycles. The summed E-state index contributed by atoms with van der Waals surface area (Å²) in [6.07, 6.45) is 1.38. The van der Waals surface area contributed by atoms with Gasteiger partial charge in [0.2, 0.25) is 0 Å². The number of hydrogen-bond donors (Lipinski definition) is 1. The first kappa shape index (κ1) is 8.62. The smallest absolute Gasteiger partial charge is 0.328 e. The third-order valence-electron chi connectivity index (χ3n) is 2.22. The average Bonchev–Trinajstić information content (AvgIpc) is 2.49. The van der Waals surface area contributed by atoms with Crippen molar-refractivity contribution < 1.29 is 13.5 Å². The molecule has 1 unspecified atom stereocenters. The van der Waals surface area contributed by atoms with Crippen molar-refractivity contribution in [2.45, 2.75) is 13.1 Å². The summed E-state index contributed by atoms with van der Waals surface area (Å²) < 4.78 is 25.9. The maximum atomic E-state index is 12.1. The Morgan fingerprint density at radius 3 is 3.23 bits per heavy atom. The van der Waals surface area contributed by atoms with E-state index in [2.05, 4.69) is 10.1 Å². The predicted molar refractivity (Wildman–Crippen MR) is 42.4 cm³/mol. The van der Waals surface area contributed by atoms with Crippen LogP contribution in [0.1, 0.15) is 5.82 Å². The highest BCUT2D eigenvalue weighted by Gasteiger charge is 2.26. The highest BCUT2D eigenvalue weighted by atomic mass is 19.2. The number of rotatable bonds is 2. The van der Waals surface area contributed by atoms with E-state index in [9.17, 15) is 8.63 Å². The van der Waals surface area contributed by atoms with Crippen LogP contribution in [-0.4, -0.2) is 35.0 Å². The zero-order chi connectivity index (χ0) is 9.26. The van der Waals surface area contributed by atoms with Crippen molar-refractivity contribution >= 4 is 7.27 Å². The first-order chi connectivity index (χ1) is 6.25. The second kappa shape index (κ2) is 3.41. The van der Waals surface area contributed by atoms with E-state index >= 15 is 0 Å². The van der Waals surface area contributed by atoms with Crippen LogP contribution in [0.3, 0.4) is 0 Å². The van der Waals surface area contributed by atoms with Crippen LogP contribution in [0.4, 0.5) is 8.63 Å². The number of hydrogen-bond acceptors (Lipinski definition) is 2. The molecule has 1 aliphatic heterocycles. The minimum atomic E-state index is -2.23. The second-order valence-electron chi connectivity index (χ2n) is 3.17. The van der Waals surface area contributed by atoms with Crippen molar-refractivity contribution in [2.24, 2.45) is 0 Å². The molecule has 0 aromatic carbocycles. The first-order valence-electron chi connectivity index (χ1n) is 4.24. The Labute approximate surface area is 74.7 Å². The fourth-order valence-corrected chi connectivity index (χ4v) is 1.58. The van der Waals surface area contributed by atoms with Gasteiger partial charge in [-0.05, 0) is 0 Å². The topological polar surface area (TPSA) is 35.2 Å². The van der Waals surface area contributed by atoms with Crippen molar-refractivity contribution in [3.05, 3.63) is 12.2 Å². The molecule has 4 nitrogen and oxygen atoms in total. The average molecular weight is 187 g/mol. The van der Waals surface area contributed by atoms with Crippen molar-refractivity contribution in [1.82, 2.24) is 14.8 Å². The quantitative estimate of drug-likeness (QED) is 0.580. The Morgan fingerprint density at radius 2 is 2.46 bits per heavy atom. The summed E-state index contributed by atoms with van der Waals surface area (Å²) >= 11 is 0. The van der Waals surface area contributed by atoms with Crippen LogP contribution in [0.5, 0.6) is 0 Å². The maximum absolute atomic E-state index is 12.1. The summed E-state index contributed by atoms with van der Waals surface area (Å²) in [6.45, 7) is 1.96. The molecule has 70 valence electrons. The molecule has 0 aliphatic carbocycles. The SMILES string of the molecule is FB(F)C[NH+]1CCn2ncnc2C1. The third kappa shape index (κ3) is 1.85. The second-order valence-corrected chi connectivity index (χ2v) is 3.17. The number of aromatic nitrogens is 3. The molecule has 1 aromatic heterocycles. The maximum Gasteiger partial charge on any atom is 0.592 e. The van der Waals surface area contributed by atoms with E-state index < -0.39 is 7.27 Å². The molecule has 1 atom stereocenters. The molecule has 0 bridgehead atoms. The van der Waals surface area contributed by atoms with Crippen LogP contribution in [0, 0.1) is 0 Å². The summed E-state index contributed by atoms with van der Waals surface area (Å²) in [7, 11) is -2.23. The van der Waals surface area contributed by atoms with Gasteiger partial charge in [-0.25, -0.2) is 9.67 Å². The Hall–Kier alpha value is -0.975. The highest BCUT2D eigenvalue weighted by molar-refractivity contribution is 6.42. The normalized spacial score (nSPS) is 21.2. The highest BCUT2D eigenvalue weighted by Crippen LogP contribution is 1.94. The largest absolute Gasteiger partial charge is 0.592 e. The molecule has 0 spiro atoms. The fourth-order valence-electron chi connectivity index (χ4n) is 1.58. The van der Waals surface area contributed by atoms with Gasteiger partial charge in [0.25, 0.3) is 0 Å². The van der Waals surface area contributed by atoms with E-state index in [4.69, 9.17) is 0 Å². The number of halogens is 2. The van der Waals surface area contributed by atoms with Crippen molar-refractivity contribution in [3.8, 4) is 0 Å². The standard InChI is InChI=1S/C6H9BF2N4/c8-7(9)4-12-1-2-13-6(3-12)10-5-11-13/h5H,1-4H2/p+1. The third-order valence-corrected chi connectivity index (χ3v) is 2.22. The minimum Gasteiger partial charge on any atom is -0.328 e. The lowest BCUT2D eigenvalue weighted by Crippen LogP contribution is -3.13. The lowest BCUT2D eigenvalue weighted by molar-refractivity contribution is -0.909. The zero-order valence-electron chi connectivity index (χ0n) is 7.08. The Kier molecular flexibility index (Phi) is 2.26. The summed E-state index contributed by atoms with van der Waals surface area (Å²) in [5.74, 6) is 0.807. The van der Waals surface area contributed by atoms with Crippen LogP contribution < -0.4 is 4.90 Å². The number of nitrogens with one attached hydrogen (secondary N) is 1. The molecular formula is C6H10BF2N4+. The Bertz CT molecular complexity index is 290. The predicted octanol–water partition coefficient (Wildman–Crippen LogP) is -1.36. The Morgan fingerprint density at radius 1 is 1.62 bits per heavy atom. The molecule has 0 fully saturated rings. The van der Waals surface area contributed by atoms with Gasteiger partial charge in [0.05, 0.1) is 13.1 Å². The number of quaternary nitrogens is 1. The van der Waals surface area contributed by atoms with Crippen LogP contribution in [0.2, 0.25) is 0 Å². The summed E-state index contributed by atoms with van der Waals surface area (Å²) in [5, 5.41) is 3.98. The van der Waals surface area contributed by atoms with E-state index in [0.29, 0.717) is 19.6 Å². The lowest BCUT2D eigenvalue weighted by atomic mass is 9.98. The molecular weight excluding hydrogens is 177 g/mol. The van der Waals surface area contributed by atoms with E-state index in [-0.39, 0.29) is 6.44 Å². The Balaban J connectivity index is 2.00. The zero-order valence-corrected chi connectivity index (χ0v) is 7.08. The lowest BCUT2D eigenvalue weighted by Gasteiger charge is -2.22. The molecule has 0 amide bonds. The summed E-state index contributed by atoms with van der Waals surface area (Å²) in [4.78, 5) is 4.89. The van der Waals surface area contributed by atoms with Crippen LogP contribution in [0.15, 0.2) is 6.33 Å². The van der Waals surface area contributed by atoms with Gasteiger partial charge >= 0.3 is 7.27 Å². The molecule has 1 N–H and O–H groups in total. The minimum absolute atomic E-state index is 0.0904. The van der Waals surface area contributed by atoms with Crippen LogP contribution in [-0.2, 0) is 13.1 Å². The summed E-state index contributed by atoms with van der Waals surface area (Å²) in [6, 6.07) is 0. The number of nitrogens with zero attached hydrogens (tertiary/aromatic N) is 3. The van der Waals surface area contributed by atoms with Gasteiger partial charge in [-0.2, -0.15) is 5.10 Å². The molecule has 0 radical (unpaired) electrons. The van der Waals surface area contributed by atoms with Gasteiger partial charge in [-0.15, -0.1) is 0 Å². The van der Waals surface area contributed by atoms with Gasteiger partial charge < -0.3 is 4.90 Å². The van der Waals surface area contributed by atoms with Crippen molar-refractivity contribution in [3.63, 3.8) is 0 Å². The van der Waals surface area contributed by atoms with E-state index in [0.717, 1.165) is 10.7 Å². The summed E-state index contributed by atoms with van der Waals surface area (Å²) in [5.41, 5.74) is 0. The van der Waals surface area contributed by atoms with E-state index in [1.165, 1.54) is 6.33 Å². The monoisotopic (exact) mass is 187 g/mol. The molecule has 0 saturated carbocycles. The van der Waals surface area contributed by atoms with E-state index in [1.807, 2.05) is 0 Å². The van der Waals surface area contributed by atoms with Crippen LogP contribution >= 0.6 is 0 Å². The van der Waals surface area contributed by atoms with E-state index in [1.54, 1.807) is 4.68 Å². The van der Waals surface area contributed by atoms with Gasteiger partial charge in [0.15, 0.2) is 5.82 Å². The van der Waals surface area contributed by atoms with Gasteiger partial charge in [-0.1, -0.05) is 0 Å². The number of fused-ring (bicyclic) bond motifs is 1. The molecule has 0 saturated heterocycles. The molecule has 1 aromatic rings. The van der Waals surface area contributed by atoms with Gasteiger partial charge in [-0.3, -0.25) is 8.63 Å². The van der Waals surface area contributed by atoms with Crippen molar-refractivity contribution in [1.29, 1.82) is 0 Å². The molecule has 1 aliphatic rings. The first-order valence-corrected chi connectivity index (χ1v) is 4.24. The molecule has 13 heavy (non-hydrogen) atoms. The molecule has 2 rings (SSSR count). The van der Waals surface area contributed by atoms with Gasteiger partial charge in [0.1, 0.15) is 19.3 Å². The molecule has 7 heteroatoms. The van der Waals surface area contributed by atoms with Gasteiger partial charge in [0, 0.05) is 0 Å².